The third-order valence-electron chi connectivity index (χ3n) is 2.54. The molecule has 0 fully saturated rings. The third-order valence-corrected chi connectivity index (χ3v) is 5.58. The Morgan fingerprint density at radius 1 is 0.700 bits per heavy atom. The van der Waals surface area contributed by atoms with Crippen molar-refractivity contribution in [1.82, 2.24) is 0 Å². The molecule has 0 aromatic heterocycles. The molecule has 0 aromatic carbocycles. The maximum Gasteiger partial charge on any atom is 0.187 e. The van der Waals surface area contributed by atoms with Gasteiger partial charge in [-0.2, -0.15) is 0 Å². The summed E-state index contributed by atoms with van der Waals surface area (Å²) in [6, 6.07) is 0. The number of rotatable bonds is 9. The lowest BCUT2D eigenvalue weighted by Crippen LogP contribution is -2.50. The summed E-state index contributed by atoms with van der Waals surface area (Å²) in [7, 11) is -4.79. The second-order valence-corrected chi connectivity index (χ2v) is 21.8. The zero-order valence-electron chi connectivity index (χ0n) is 15.3. The molecule has 0 amide bonds. The molecule has 20 heavy (non-hydrogen) atoms. The summed E-state index contributed by atoms with van der Waals surface area (Å²) in [4.78, 5) is 0. The van der Waals surface area contributed by atoms with Gasteiger partial charge in [0.1, 0.15) is 0 Å². The summed E-state index contributed by atoms with van der Waals surface area (Å²) >= 11 is 0. The summed E-state index contributed by atoms with van der Waals surface area (Å²) in [6.45, 7) is 22.9. The zero-order chi connectivity index (χ0) is 16.2. The van der Waals surface area contributed by atoms with Crippen LogP contribution >= 0.6 is 0 Å². The Morgan fingerprint density at radius 3 is 1.35 bits per heavy atom. The van der Waals surface area contributed by atoms with Crippen LogP contribution in [0.5, 0.6) is 0 Å². The highest BCUT2D eigenvalue weighted by Crippen LogP contribution is 2.31. The van der Waals surface area contributed by atoms with E-state index in [9.17, 15) is 0 Å². The zero-order valence-corrected chi connectivity index (χ0v) is 18.3. The van der Waals surface area contributed by atoms with Crippen LogP contribution in [0.15, 0.2) is 0 Å². The molecule has 0 aromatic rings. The minimum absolute atomic E-state index is 0.450. The van der Waals surface area contributed by atoms with Crippen molar-refractivity contribution in [2.24, 2.45) is 0 Å². The lowest BCUT2D eigenvalue weighted by atomic mass is 10.1. The normalized spacial score (nSPS) is 14.7. The topological polar surface area (TPSA) is 27.7 Å². The Labute approximate surface area is 129 Å². The van der Waals surface area contributed by atoms with E-state index in [1.54, 1.807) is 0 Å². The van der Waals surface area contributed by atoms with Crippen molar-refractivity contribution >= 4 is 25.0 Å². The van der Waals surface area contributed by atoms with E-state index in [0.29, 0.717) is 0 Å². The Kier molecular flexibility index (Phi) is 7.39. The van der Waals surface area contributed by atoms with Crippen LogP contribution in [0.4, 0.5) is 0 Å². The van der Waals surface area contributed by atoms with Gasteiger partial charge in [-0.15, -0.1) is 0 Å². The predicted octanol–water partition coefficient (Wildman–Crippen LogP) is 5.04. The van der Waals surface area contributed by atoms with Crippen LogP contribution in [0.3, 0.4) is 0 Å². The van der Waals surface area contributed by atoms with Crippen molar-refractivity contribution in [3.05, 3.63) is 0 Å². The molecular formula is C14H36O3Si3. The molecule has 0 heterocycles. The molecule has 6 heteroatoms. The largest absolute Gasteiger partial charge is 0.417 e. The molecule has 0 unspecified atom stereocenters. The van der Waals surface area contributed by atoms with Crippen LogP contribution in [0.25, 0.3) is 0 Å². The van der Waals surface area contributed by atoms with Gasteiger partial charge in [0.15, 0.2) is 30.7 Å². The van der Waals surface area contributed by atoms with Gasteiger partial charge in [-0.25, -0.2) is 0 Å². The fourth-order valence-electron chi connectivity index (χ4n) is 2.07. The van der Waals surface area contributed by atoms with Gasteiger partial charge >= 0.3 is 0 Å². The van der Waals surface area contributed by atoms with Crippen molar-refractivity contribution in [2.75, 3.05) is 6.61 Å². The molecule has 0 N–H and O–H groups in total. The van der Waals surface area contributed by atoms with E-state index in [0.717, 1.165) is 19.4 Å². The van der Waals surface area contributed by atoms with E-state index in [2.05, 4.69) is 65.8 Å². The minimum Gasteiger partial charge on any atom is -0.417 e. The SMILES string of the molecule is CCC(CCO[Si](C)(C)C)(O[Si](C)(C)C)O[Si](C)(C)C. The van der Waals surface area contributed by atoms with Gasteiger partial charge in [-0.3, -0.25) is 0 Å². The second kappa shape index (κ2) is 7.19. The summed E-state index contributed by atoms with van der Waals surface area (Å²) in [6.07, 6.45) is 1.72. The van der Waals surface area contributed by atoms with Gasteiger partial charge in [-0.05, 0) is 65.3 Å². The van der Waals surface area contributed by atoms with E-state index in [4.69, 9.17) is 13.3 Å². The van der Waals surface area contributed by atoms with Gasteiger partial charge in [-0.1, -0.05) is 6.92 Å². The molecule has 0 aliphatic carbocycles. The molecule has 3 nitrogen and oxygen atoms in total. The van der Waals surface area contributed by atoms with E-state index in [1.165, 1.54) is 0 Å². The van der Waals surface area contributed by atoms with Crippen LogP contribution in [0.1, 0.15) is 19.8 Å². The Morgan fingerprint density at radius 2 is 1.10 bits per heavy atom. The first-order valence-electron chi connectivity index (χ1n) is 7.72. The average Bonchev–Trinajstić information content (AvgIpc) is 2.09. The Bertz CT molecular complexity index is 272. The van der Waals surface area contributed by atoms with Crippen LogP contribution in [-0.4, -0.2) is 37.3 Å². The summed E-state index contributed by atoms with van der Waals surface area (Å²) in [5.74, 6) is -0.450. The first-order chi connectivity index (χ1) is 8.68. The highest BCUT2D eigenvalue weighted by Gasteiger charge is 2.39. The summed E-state index contributed by atoms with van der Waals surface area (Å²) < 4.78 is 18.9. The van der Waals surface area contributed by atoms with E-state index in [-0.39, 0.29) is 0 Å². The standard InChI is InChI=1S/C14H36O3Si3/c1-11-14(16-19(5,6)7,17-20(8,9)10)12-13-15-18(2,3)4/h11-13H2,1-10H3. The molecule has 0 atom stereocenters. The Balaban J connectivity index is 4.92. The van der Waals surface area contributed by atoms with Gasteiger partial charge < -0.3 is 13.3 Å². The molecule has 0 spiro atoms. The minimum atomic E-state index is -1.66. The fraction of sp³-hybridized carbons (Fsp3) is 1.00. The van der Waals surface area contributed by atoms with E-state index < -0.39 is 30.7 Å². The lowest BCUT2D eigenvalue weighted by molar-refractivity contribution is -0.140. The van der Waals surface area contributed by atoms with Crippen molar-refractivity contribution in [1.29, 1.82) is 0 Å². The number of hydrogen-bond donors (Lipinski definition) is 0. The molecule has 0 aliphatic heterocycles. The average molecular weight is 337 g/mol. The molecular weight excluding hydrogens is 300 g/mol. The van der Waals surface area contributed by atoms with E-state index in [1.807, 2.05) is 0 Å². The highest BCUT2D eigenvalue weighted by atomic mass is 28.4. The molecule has 0 saturated heterocycles. The van der Waals surface area contributed by atoms with Crippen LogP contribution in [-0.2, 0) is 13.3 Å². The van der Waals surface area contributed by atoms with Crippen LogP contribution < -0.4 is 0 Å². The smallest absolute Gasteiger partial charge is 0.187 e. The molecule has 122 valence electrons. The first-order valence-corrected chi connectivity index (χ1v) is 17.9. The molecule has 0 bridgehead atoms. The monoisotopic (exact) mass is 336 g/mol. The van der Waals surface area contributed by atoms with Crippen molar-refractivity contribution in [2.45, 2.75) is 84.5 Å². The maximum absolute atomic E-state index is 6.45. The predicted molar refractivity (Wildman–Crippen MR) is 95.8 cm³/mol. The quantitative estimate of drug-likeness (QED) is 0.436. The van der Waals surface area contributed by atoms with Gasteiger partial charge in [0.05, 0.1) is 0 Å². The molecule has 0 aliphatic rings. The van der Waals surface area contributed by atoms with E-state index >= 15 is 0 Å². The Hall–Kier alpha value is 0.531. The van der Waals surface area contributed by atoms with Crippen LogP contribution in [0, 0.1) is 0 Å². The fourth-order valence-corrected chi connectivity index (χ4v) is 5.68. The summed E-state index contributed by atoms with van der Waals surface area (Å²) in [5.41, 5.74) is 0. The highest BCUT2D eigenvalue weighted by molar-refractivity contribution is 6.71. The number of hydrogen-bond acceptors (Lipinski definition) is 3. The van der Waals surface area contributed by atoms with Crippen LogP contribution in [0.2, 0.25) is 58.9 Å². The first kappa shape index (κ1) is 20.5. The molecule has 0 radical (unpaired) electrons. The van der Waals surface area contributed by atoms with Crippen molar-refractivity contribution in [3.63, 3.8) is 0 Å². The van der Waals surface area contributed by atoms with Gasteiger partial charge in [0.25, 0.3) is 0 Å². The summed E-state index contributed by atoms with van der Waals surface area (Å²) in [5, 5.41) is 0. The third kappa shape index (κ3) is 10.3. The molecule has 0 rings (SSSR count). The lowest BCUT2D eigenvalue weighted by Gasteiger charge is -2.43. The van der Waals surface area contributed by atoms with Crippen molar-refractivity contribution < 1.29 is 13.3 Å². The second-order valence-electron chi connectivity index (χ2n) is 8.40. The molecule has 0 saturated carbocycles. The maximum atomic E-state index is 6.45. The van der Waals surface area contributed by atoms with Crippen molar-refractivity contribution in [3.8, 4) is 0 Å². The van der Waals surface area contributed by atoms with Gasteiger partial charge in [0, 0.05) is 13.0 Å². The van der Waals surface area contributed by atoms with Gasteiger partial charge in [0.2, 0.25) is 0 Å².